The number of thiophene rings is 2. The molecule has 292 valence electrons. The van der Waals surface area contributed by atoms with E-state index < -0.39 is 0 Å². The van der Waals surface area contributed by atoms with Crippen LogP contribution in [0.25, 0.3) is 16.2 Å². The van der Waals surface area contributed by atoms with Crippen LogP contribution in [0, 0.1) is 12.3 Å². The zero-order valence-corrected chi connectivity index (χ0v) is 38.3. The van der Waals surface area contributed by atoms with Crippen LogP contribution in [-0.4, -0.2) is 6.71 Å². The van der Waals surface area contributed by atoms with E-state index in [1.165, 1.54) is 91.9 Å². The SMILES string of the molecule is Cc1cc2c3c(c1)N(c1ccc(C(C)(C)C)cc1)c1c(sc4ccc(C(C)(C)C)cc14)B3c1sc3c(c1N2c1ccc(C(C)(C)C)cc1)C=C(C(C)(C)C)CC3C. The van der Waals surface area contributed by atoms with E-state index >= 15 is 0 Å². The Morgan fingerprint density at radius 1 is 0.579 bits per heavy atom. The summed E-state index contributed by atoms with van der Waals surface area (Å²) in [6.45, 7) is 33.0. The fraction of sp³-hybridized carbons (Fsp3) is 0.385. The molecule has 2 aromatic heterocycles. The Kier molecular flexibility index (Phi) is 8.58. The third-order valence-electron chi connectivity index (χ3n) is 12.8. The molecule has 5 heteroatoms. The van der Waals surface area contributed by atoms with Crippen LogP contribution < -0.4 is 24.8 Å². The van der Waals surface area contributed by atoms with Crippen molar-refractivity contribution >= 4 is 94.7 Å². The van der Waals surface area contributed by atoms with Crippen molar-refractivity contribution in [2.24, 2.45) is 5.41 Å². The first-order chi connectivity index (χ1) is 26.6. The van der Waals surface area contributed by atoms with E-state index in [0.29, 0.717) is 5.92 Å². The maximum absolute atomic E-state index is 2.66. The highest BCUT2D eigenvalue weighted by atomic mass is 32.1. The standard InChI is InChI=1S/C52H59BN2S2/c1-30-25-40-43-41(26-30)55(37-22-17-33(18-23-37)50(6,7)8)45-39-29-35(52(12,13)14)27-31(2)46(39)57-48(45)53(43)47-44(38-28-34(51(9,10)11)19-24-42(38)56-47)54(40)36-20-15-32(16-21-36)49(3,4)5/h15-26,28-29,31H,27H2,1-14H3. The molecular weight excluding hydrogens is 728 g/mol. The van der Waals surface area contributed by atoms with Crippen molar-refractivity contribution in [3.05, 3.63) is 117 Å². The van der Waals surface area contributed by atoms with Gasteiger partial charge in [0.25, 0.3) is 6.71 Å². The predicted octanol–water partition coefficient (Wildman–Crippen LogP) is 14.2. The normalized spacial score (nSPS) is 16.7. The molecule has 57 heavy (non-hydrogen) atoms. The number of hydrogen-bond donors (Lipinski definition) is 0. The fourth-order valence-electron chi connectivity index (χ4n) is 9.38. The molecule has 2 nitrogen and oxygen atoms in total. The molecule has 0 bridgehead atoms. The Balaban J connectivity index is 1.39. The molecule has 0 saturated carbocycles. The lowest BCUT2D eigenvalue weighted by Gasteiger charge is -2.43. The average Bonchev–Trinajstić information content (AvgIpc) is 3.69. The molecule has 1 atom stereocenters. The molecule has 1 unspecified atom stereocenters. The minimum Gasteiger partial charge on any atom is -0.310 e. The summed E-state index contributed by atoms with van der Waals surface area (Å²) < 4.78 is 4.31. The third-order valence-corrected chi connectivity index (χ3v) is 15.5. The molecule has 0 N–H and O–H groups in total. The van der Waals surface area contributed by atoms with E-state index in [1.807, 2.05) is 11.3 Å². The molecule has 4 heterocycles. The van der Waals surface area contributed by atoms with Crippen molar-refractivity contribution in [2.45, 2.75) is 126 Å². The van der Waals surface area contributed by atoms with Gasteiger partial charge >= 0.3 is 0 Å². The smallest absolute Gasteiger partial charge is 0.277 e. The minimum absolute atomic E-state index is 0.0413. The zero-order chi connectivity index (χ0) is 40.7. The fourth-order valence-corrected chi connectivity index (χ4v) is 12.2. The summed E-state index contributed by atoms with van der Waals surface area (Å²) in [5, 5.41) is 1.36. The summed E-state index contributed by atoms with van der Waals surface area (Å²) in [7, 11) is 0. The van der Waals surface area contributed by atoms with Gasteiger partial charge < -0.3 is 9.80 Å². The van der Waals surface area contributed by atoms with E-state index in [-0.39, 0.29) is 28.4 Å². The van der Waals surface area contributed by atoms with Gasteiger partial charge in [0, 0.05) is 52.8 Å². The number of allylic oxidation sites excluding steroid dienone is 1. The number of rotatable bonds is 2. The highest BCUT2D eigenvalue weighted by molar-refractivity contribution is 7.39. The first kappa shape index (κ1) is 38.5. The maximum atomic E-state index is 2.66. The van der Waals surface area contributed by atoms with Crippen LogP contribution in [0.1, 0.15) is 135 Å². The van der Waals surface area contributed by atoms with Gasteiger partial charge in [-0.15, -0.1) is 11.3 Å². The van der Waals surface area contributed by atoms with Crippen molar-refractivity contribution in [1.29, 1.82) is 0 Å². The lowest BCUT2D eigenvalue weighted by atomic mass is 9.39. The quantitative estimate of drug-likeness (QED) is 0.161. The van der Waals surface area contributed by atoms with Crippen molar-refractivity contribution in [3.8, 4) is 0 Å². The minimum atomic E-state index is 0.0413. The summed E-state index contributed by atoms with van der Waals surface area (Å²) in [6, 6.07) is 31.2. The summed E-state index contributed by atoms with van der Waals surface area (Å²) in [5.41, 5.74) is 17.9. The molecule has 0 radical (unpaired) electrons. The van der Waals surface area contributed by atoms with Crippen molar-refractivity contribution in [1.82, 2.24) is 0 Å². The van der Waals surface area contributed by atoms with Crippen LogP contribution in [0.15, 0.2) is 84.4 Å². The second-order valence-corrected chi connectivity index (χ2v) is 23.5. The summed E-state index contributed by atoms with van der Waals surface area (Å²) >= 11 is 4.11. The van der Waals surface area contributed by atoms with Crippen molar-refractivity contribution in [2.75, 3.05) is 9.80 Å². The largest absolute Gasteiger partial charge is 0.310 e. The van der Waals surface area contributed by atoms with Crippen LogP contribution in [0.3, 0.4) is 0 Å². The molecule has 0 amide bonds. The Morgan fingerprint density at radius 3 is 1.58 bits per heavy atom. The molecule has 0 spiro atoms. The lowest BCUT2D eigenvalue weighted by Crippen LogP contribution is -2.59. The highest BCUT2D eigenvalue weighted by Gasteiger charge is 2.48. The Morgan fingerprint density at radius 2 is 1.07 bits per heavy atom. The topological polar surface area (TPSA) is 6.48 Å². The number of hydrogen-bond acceptors (Lipinski definition) is 4. The lowest BCUT2D eigenvalue weighted by molar-refractivity contribution is 0.472. The average molecular weight is 787 g/mol. The number of benzene rings is 4. The number of fused-ring (bicyclic) bond motifs is 8. The van der Waals surface area contributed by atoms with Gasteiger partial charge in [0.1, 0.15) is 0 Å². The van der Waals surface area contributed by atoms with Gasteiger partial charge in [0.05, 0.1) is 11.4 Å². The highest BCUT2D eigenvalue weighted by Crippen LogP contribution is 2.54. The van der Waals surface area contributed by atoms with E-state index in [4.69, 9.17) is 0 Å². The molecule has 4 aromatic carbocycles. The predicted molar refractivity (Wildman–Crippen MR) is 255 cm³/mol. The van der Waals surface area contributed by atoms with E-state index in [9.17, 15) is 0 Å². The summed E-state index contributed by atoms with van der Waals surface area (Å²) in [5.74, 6) is 0.460. The Hall–Kier alpha value is -4.06. The molecule has 2 aliphatic heterocycles. The van der Waals surface area contributed by atoms with Gasteiger partial charge in [0.2, 0.25) is 0 Å². The number of aryl methyl sites for hydroxylation is 1. The third kappa shape index (κ3) is 6.17. The van der Waals surface area contributed by atoms with Gasteiger partial charge in [-0.1, -0.05) is 132 Å². The number of anilines is 6. The second kappa shape index (κ2) is 12.7. The maximum Gasteiger partial charge on any atom is 0.277 e. The van der Waals surface area contributed by atoms with Crippen molar-refractivity contribution in [3.63, 3.8) is 0 Å². The van der Waals surface area contributed by atoms with Crippen LogP contribution in [-0.2, 0) is 16.2 Å². The molecule has 3 aliphatic rings. The molecular formula is C52H59BN2S2. The van der Waals surface area contributed by atoms with Crippen LogP contribution in [0.4, 0.5) is 34.1 Å². The molecule has 9 rings (SSSR count). The Labute approximate surface area is 350 Å². The van der Waals surface area contributed by atoms with Gasteiger partial charge in [-0.05, 0) is 117 Å². The van der Waals surface area contributed by atoms with E-state index in [0.717, 1.165) is 6.42 Å². The first-order valence-corrected chi connectivity index (χ1v) is 22.6. The monoisotopic (exact) mass is 786 g/mol. The molecule has 0 fully saturated rings. The van der Waals surface area contributed by atoms with Gasteiger partial charge in [-0.2, -0.15) is 11.3 Å². The zero-order valence-electron chi connectivity index (χ0n) is 36.7. The van der Waals surface area contributed by atoms with Gasteiger partial charge in [-0.25, -0.2) is 0 Å². The van der Waals surface area contributed by atoms with Crippen LogP contribution >= 0.6 is 22.7 Å². The summed E-state index contributed by atoms with van der Waals surface area (Å²) in [6.07, 6.45) is 3.70. The second-order valence-electron chi connectivity index (χ2n) is 21.3. The Bertz CT molecular complexity index is 2610. The molecule has 0 saturated heterocycles. The van der Waals surface area contributed by atoms with E-state index in [1.54, 1.807) is 5.57 Å². The molecule has 1 aliphatic carbocycles. The van der Waals surface area contributed by atoms with Crippen molar-refractivity contribution < 1.29 is 0 Å². The molecule has 6 aromatic rings. The number of nitrogens with zero attached hydrogens (tertiary/aromatic N) is 2. The van der Waals surface area contributed by atoms with Gasteiger partial charge in [0.15, 0.2) is 0 Å². The first-order valence-electron chi connectivity index (χ1n) is 21.0. The van der Waals surface area contributed by atoms with Crippen LogP contribution in [0.5, 0.6) is 0 Å². The van der Waals surface area contributed by atoms with Gasteiger partial charge in [-0.3, -0.25) is 0 Å². The van der Waals surface area contributed by atoms with E-state index in [2.05, 4.69) is 203 Å². The van der Waals surface area contributed by atoms with Crippen LogP contribution in [0.2, 0.25) is 0 Å². The summed E-state index contributed by atoms with van der Waals surface area (Å²) in [4.78, 5) is 6.83.